The summed E-state index contributed by atoms with van der Waals surface area (Å²) < 4.78 is 10.4. The van der Waals surface area contributed by atoms with Gasteiger partial charge in [-0.1, -0.05) is 0 Å². The molecule has 3 rings (SSSR count). The number of amides is 1. The fourth-order valence-electron chi connectivity index (χ4n) is 2.29. The molecule has 7 heteroatoms. The summed E-state index contributed by atoms with van der Waals surface area (Å²) in [7, 11) is 0. The normalized spacial score (nSPS) is 18.7. The van der Waals surface area contributed by atoms with Crippen molar-refractivity contribution in [2.45, 2.75) is 6.04 Å². The molecule has 0 bridgehead atoms. The minimum atomic E-state index is -0.290. The Bertz CT molecular complexity index is 597. The van der Waals surface area contributed by atoms with E-state index in [9.17, 15) is 9.90 Å². The number of benzene rings is 1. The third kappa shape index (κ3) is 2.79. The number of ether oxygens (including phenoxy) is 1. The van der Waals surface area contributed by atoms with E-state index >= 15 is 0 Å². The number of carbonyl (C=O) groups excluding carboxylic acids is 1. The second-order valence-corrected chi connectivity index (χ2v) is 4.73. The summed E-state index contributed by atoms with van der Waals surface area (Å²) in [6, 6.07) is 6.66. The number of rotatable bonds is 3. The Kier molecular flexibility index (Phi) is 3.94. The van der Waals surface area contributed by atoms with Crippen molar-refractivity contribution in [3.8, 4) is 11.5 Å². The maximum atomic E-state index is 12.5. The average Bonchev–Trinajstić information content (AvgIpc) is 3.09. The molecule has 1 amide bonds. The van der Waals surface area contributed by atoms with E-state index in [-0.39, 0.29) is 18.6 Å². The van der Waals surface area contributed by atoms with Gasteiger partial charge in [-0.05, 0) is 24.3 Å². The lowest BCUT2D eigenvalue weighted by Gasteiger charge is -2.34. The van der Waals surface area contributed by atoms with Gasteiger partial charge in [-0.25, -0.2) is 0 Å². The van der Waals surface area contributed by atoms with Gasteiger partial charge in [-0.2, -0.15) is 0 Å². The van der Waals surface area contributed by atoms with Gasteiger partial charge in [0.05, 0.1) is 25.9 Å². The van der Waals surface area contributed by atoms with Gasteiger partial charge in [0.25, 0.3) is 5.91 Å². The van der Waals surface area contributed by atoms with Crippen molar-refractivity contribution in [2.75, 3.05) is 26.4 Å². The first-order valence-corrected chi connectivity index (χ1v) is 6.66. The van der Waals surface area contributed by atoms with E-state index in [1.807, 2.05) is 0 Å². The van der Waals surface area contributed by atoms with Gasteiger partial charge < -0.3 is 19.2 Å². The van der Waals surface area contributed by atoms with Crippen LogP contribution in [0.25, 0.3) is 11.5 Å². The molecule has 2 aromatic rings. The van der Waals surface area contributed by atoms with Gasteiger partial charge in [-0.3, -0.25) is 4.79 Å². The van der Waals surface area contributed by atoms with Gasteiger partial charge in [0.15, 0.2) is 0 Å². The van der Waals surface area contributed by atoms with Gasteiger partial charge in [-0.15, -0.1) is 10.2 Å². The van der Waals surface area contributed by atoms with E-state index in [0.717, 1.165) is 5.56 Å². The standard InChI is InChI=1S/C14H15N3O4/c18-7-12-8-20-6-5-17(12)14(19)11-3-1-10(2-4-11)13-16-15-9-21-13/h1-4,9,12,18H,5-8H2. The number of aliphatic hydroxyl groups is 1. The number of hydrogen-bond donors (Lipinski definition) is 1. The third-order valence-electron chi connectivity index (χ3n) is 3.44. The lowest BCUT2D eigenvalue weighted by atomic mass is 10.1. The zero-order valence-electron chi connectivity index (χ0n) is 11.3. The van der Waals surface area contributed by atoms with Crippen LogP contribution in [0.15, 0.2) is 35.1 Å². The number of aliphatic hydroxyl groups excluding tert-OH is 1. The summed E-state index contributed by atoms with van der Waals surface area (Å²) in [5.41, 5.74) is 1.31. The Hall–Kier alpha value is -2.25. The topological polar surface area (TPSA) is 88.7 Å². The van der Waals surface area contributed by atoms with Crippen molar-refractivity contribution in [1.82, 2.24) is 15.1 Å². The molecule has 21 heavy (non-hydrogen) atoms. The van der Waals surface area contributed by atoms with Crippen LogP contribution in [0.4, 0.5) is 0 Å². The molecular formula is C14H15N3O4. The first-order valence-electron chi connectivity index (χ1n) is 6.66. The Morgan fingerprint density at radius 1 is 1.38 bits per heavy atom. The Balaban J connectivity index is 1.78. The summed E-state index contributed by atoms with van der Waals surface area (Å²) in [4.78, 5) is 14.1. The molecular weight excluding hydrogens is 274 g/mol. The highest BCUT2D eigenvalue weighted by Gasteiger charge is 2.27. The maximum absolute atomic E-state index is 12.5. The number of morpholine rings is 1. The van der Waals surface area contributed by atoms with E-state index in [1.54, 1.807) is 29.2 Å². The van der Waals surface area contributed by atoms with E-state index in [0.29, 0.717) is 31.2 Å². The summed E-state index contributed by atoms with van der Waals surface area (Å²) in [6.45, 7) is 1.23. The summed E-state index contributed by atoms with van der Waals surface area (Å²) in [5.74, 6) is 0.294. The van der Waals surface area contributed by atoms with Crippen molar-refractivity contribution in [2.24, 2.45) is 0 Å². The molecule has 1 aliphatic rings. The number of nitrogens with zero attached hydrogens (tertiary/aromatic N) is 3. The van der Waals surface area contributed by atoms with Crippen LogP contribution in [-0.2, 0) is 4.74 Å². The average molecular weight is 289 g/mol. The van der Waals surface area contributed by atoms with Crippen LogP contribution < -0.4 is 0 Å². The van der Waals surface area contributed by atoms with Gasteiger partial charge in [0.1, 0.15) is 0 Å². The maximum Gasteiger partial charge on any atom is 0.254 e. The molecule has 0 radical (unpaired) electrons. The number of hydrogen-bond acceptors (Lipinski definition) is 6. The minimum Gasteiger partial charge on any atom is -0.423 e. The molecule has 2 heterocycles. The lowest BCUT2D eigenvalue weighted by molar-refractivity contribution is -0.0183. The smallest absolute Gasteiger partial charge is 0.254 e. The first-order chi connectivity index (χ1) is 10.3. The molecule has 7 nitrogen and oxygen atoms in total. The Morgan fingerprint density at radius 2 is 2.19 bits per heavy atom. The van der Waals surface area contributed by atoms with Crippen LogP contribution in [0.1, 0.15) is 10.4 Å². The molecule has 0 saturated carbocycles. The number of carbonyl (C=O) groups is 1. The fraction of sp³-hybridized carbons (Fsp3) is 0.357. The van der Waals surface area contributed by atoms with Crippen molar-refractivity contribution < 1.29 is 19.1 Å². The van der Waals surface area contributed by atoms with Crippen LogP contribution in [0.5, 0.6) is 0 Å². The summed E-state index contributed by atoms with van der Waals surface area (Å²) in [6.07, 6.45) is 1.26. The molecule has 0 aliphatic carbocycles. The largest absolute Gasteiger partial charge is 0.423 e. The second kappa shape index (κ2) is 6.02. The third-order valence-corrected chi connectivity index (χ3v) is 3.44. The van der Waals surface area contributed by atoms with Gasteiger partial charge in [0.2, 0.25) is 12.3 Å². The molecule has 0 spiro atoms. The zero-order chi connectivity index (χ0) is 14.7. The highest BCUT2D eigenvalue weighted by molar-refractivity contribution is 5.94. The summed E-state index contributed by atoms with van der Waals surface area (Å²) in [5, 5.41) is 16.8. The Labute approximate surface area is 121 Å². The molecule has 1 saturated heterocycles. The summed E-state index contributed by atoms with van der Waals surface area (Å²) >= 11 is 0. The van der Waals surface area contributed by atoms with Crippen LogP contribution in [0.2, 0.25) is 0 Å². The molecule has 1 unspecified atom stereocenters. The minimum absolute atomic E-state index is 0.105. The quantitative estimate of drug-likeness (QED) is 0.888. The molecule has 1 fully saturated rings. The van der Waals surface area contributed by atoms with Crippen LogP contribution in [0.3, 0.4) is 0 Å². The molecule has 1 aromatic heterocycles. The van der Waals surface area contributed by atoms with Crippen molar-refractivity contribution >= 4 is 5.91 Å². The lowest BCUT2D eigenvalue weighted by Crippen LogP contribution is -2.50. The number of aromatic nitrogens is 2. The molecule has 110 valence electrons. The zero-order valence-corrected chi connectivity index (χ0v) is 11.3. The Morgan fingerprint density at radius 3 is 2.86 bits per heavy atom. The highest BCUT2D eigenvalue weighted by atomic mass is 16.5. The molecule has 1 aromatic carbocycles. The van der Waals surface area contributed by atoms with Crippen molar-refractivity contribution in [3.05, 3.63) is 36.2 Å². The fourth-order valence-corrected chi connectivity index (χ4v) is 2.29. The van der Waals surface area contributed by atoms with E-state index < -0.39 is 0 Å². The monoisotopic (exact) mass is 289 g/mol. The van der Waals surface area contributed by atoms with Crippen LogP contribution in [0, 0.1) is 0 Å². The SMILES string of the molecule is O=C(c1ccc(-c2nnco2)cc1)N1CCOCC1CO. The van der Waals surface area contributed by atoms with E-state index in [2.05, 4.69) is 10.2 Å². The molecule has 1 aliphatic heterocycles. The van der Waals surface area contributed by atoms with Crippen LogP contribution in [-0.4, -0.2) is 58.5 Å². The van der Waals surface area contributed by atoms with E-state index in [4.69, 9.17) is 9.15 Å². The van der Waals surface area contributed by atoms with Crippen molar-refractivity contribution in [3.63, 3.8) is 0 Å². The van der Waals surface area contributed by atoms with Crippen molar-refractivity contribution in [1.29, 1.82) is 0 Å². The van der Waals surface area contributed by atoms with Crippen LogP contribution >= 0.6 is 0 Å². The first kappa shape index (κ1) is 13.7. The second-order valence-electron chi connectivity index (χ2n) is 4.73. The predicted octanol–water partition coefficient (Wildman–Crippen LogP) is 0.570. The highest BCUT2D eigenvalue weighted by Crippen LogP contribution is 2.18. The molecule has 1 N–H and O–H groups in total. The predicted molar refractivity (Wildman–Crippen MR) is 72.5 cm³/mol. The molecule has 1 atom stereocenters. The van der Waals surface area contributed by atoms with Gasteiger partial charge >= 0.3 is 0 Å². The van der Waals surface area contributed by atoms with Gasteiger partial charge in [0, 0.05) is 17.7 Å². The van der Waals surface area contributed by atoms with E-state index in [1.165, 1.54) is 6.39 Å².